The number of hydrogen-bond donors (Lipinski definition) is 3. The Morgan fingerprint density at radius 1 is 0.638 bits per heavy atom. The fraction of sp³-hybridized carbons (Fsp3) is 0.182. The minimum Gasteiger partial charge on any atom is -0.493 e. The van der Waals surface area contributed by atoms with E-state index in [-0.39, 0.29) is 5.56 Å². The molecule has 8 heterocycles. The lowest BCUT2D eigenvalue weighted by Crippen LogP contribution is -2.12. The molecule has 0 fully saturated rings. The van der Waals surface area contributed by atoms with E-state index in [1.165, 1.54) is 6.07 Å². The standard InChI is InChI=1S/C44H37N9O5/c54-42-21-32-35-19-30-34(50-51-37(30)23-45-35)14-12-28-22-48-53(44(28)58-18-6-17-57-41(32)25-47-42)26-29-8-5-10-40-43(29)36-20-31-33(49-52-38(31)24-46-36)13-11-27-7-1-2-9-39(27)55-15-3-4-16-56-40/h1-2,5,7-14,19-25H,3-4,6,15-18,26H2,(H,47,54)(H,49,52)(H,50,51)/b13-11+,14-12+. The van der Waals surface area contributed by atoms with Gasteiger partial charge in [-0.3, -0.25) is 25.0 Å². The highest BCUT2D eigenvalue weighted by atomic mass is 16.5. The first kappa shape index (κ1) is 35.0. The summed E-state index contributed by atoms with van der Waals surface area (Å²) in [5.41, 5.74) is 8.35. The van der Waals surface area contributed by atoms with Crippen LogP contribution < -0.4 is 24.5 Å². The van der Waals surface area contributed by atoms with Gasteiger partial charge in [-0.2, -0.15) is 15.3 Å². The predicted molar refractivity (Wildman–Crippen MR) is 221 cm³/mol. The van der Waals surface area contributed by atoms with E-state index in [4.69, 9.17) is 29.0 Å². The third-order valence-electron chi connectivity index (χ3n) is 10.2. The summed E-state index contributed by atoms with van der Waals surface area (Å²) < 4.78 is 27.2. The van der Waals surface area contributed by atoms with E-state index in [0.29, 0.717) is 68.0 Å². The molecule has 14 nitrogen and oxygen atoms in total. The van der Waals surface area contributed by atoms with Gasteiger partial charge in [0.1, 0.15) is 17.2 Å². The minimum atomic E-state index is -0.245. The van der Waals surface area contributed by atoms with Crippen LogP contribution in [0, 0.1) is 0 Å². The zero-order valence-corrected chi connectivity index (χ0v) is 31.3. The summed E-state index contributed by atoms with van der Waals surface area (Å²) in [7, 11) is 0. The Hall–Kier alpha value is -7.48. The quantitative estimate of drug-likeness (QED) is 0.159. The molecule has 0 saturated carbocycles. The monoisotopic (exact) mass is 771 g/mol. The van der Waals surface area contributed by atoms with Crippen LogP contribution in [-0.2, 0) is 6.54 Å². The topological polar surface area (TPSA) is 171 Å². The Balaban J connectivity index is 1.03. The molecule has 6 aromatic heterocycles. The molecule has 8 aromatic rings. The first-order valence-corrected chi connectivity index (χ1v) is 19.2. The van der Waals surface area contributed by atoms with E-state index in [9.17, 15) is 4.79 Å². The van der Waals surface area contributed by atoms with Gasteiger partial charge >= 0.3 is 0 Å². The summed E-state index contributed by atoms with van der Waals surface area (Å²) in [4.78, 5) is 24.6. The van der Waals surface area contributed by atoms with Gasteiger partial charge < -0.3 is 23.9 Å². The molecule has 2 aliphatic rings. The van der Waals surface area contributed by atoms with Crippen LogP contribution in [0.2, 0.25) is 0 Å². The van der Waals surface area contributed by atoms with Crippen molar-refractivity contribution in [2.24, 2.45) is 0 Å². The first-order chi connectivity index (χ1) is 28.6. The van der Waals surface area contributed by atoms with Crippen LogP contribution >= 0.6 is 0 Å². The van der Waals surface area contributed by atoms with Crippen molar-refractivity contribution in [3.63, 3.8) is 0 Å². The maximum atomic E-state index is 12.3. The fourth-order valence-corrected chi connectivity index (χ4v) is 7.31. The number of ether oxygens (including phenoxy) is 4. The van der Waals surface area contributed by atoms with Gasteiger partial charge in [0, 0.05) is 46.1 Å². The summed E-state index contributed by atoms with van der Waals surface area (Å²) >= 11 is 0. The van der Waals surface area contributed by atoms with Gasteiger partial charge in [0.05, 0.1) is 90.9 Å². The maximum Gasteiger partial charge on any atom is 0.248 e. The van der Waals surface area contributed by atoms with Crippen molar-refractivity contribution in [3.8, 4) is 45.6 Å². The summed E-state index contributed by atoms with van der Waals surface area (Å²) in [5, 5.41) is 22.0. The minimum absolute atomic E-state index is 0.245. The first-order valence-electron chi connectivity index (χ1n) is 19.2. The molecule has 0 radical (unpaired) electrons. The van der Waals surface area contributed by atoms with E-state index < -0.39 is 0 Å². The molecule has 288 valence electrons. The van der Waals surface area contributed by atoms with Crippen LogP contribution in [0.25, 0.3) is 68.6 Å². The summed E-state index contributed by atoms with van der Waals surface area (Å²) in [6, 6.07) is 19.5. The van der Waals surface area contributed by atoms with E-state index in [1.54, 1.807) is 18.6 Å². The number of hydrogen-bond acceptors (Lipinski definition) is 10. The predicted octanol–water partition coefficient (Wildman–Crippen LogP) is 7.55. The Labute approximate surface area is 331 Å². The van der Waals surface area contributed by atoms with Crippen molar-refractivity contribution in [3.05, 3.63) is 124 Å². The molecule has 10 rings (SSSR count). The molecule has 0 spiro atoms. The molecule has 3 N–H and O–H groups in total. The van der Waals surface area contributed by atoms with Gasteiger partial charge in [-0.25, -0.2) is 4.68 Å². The lowest BCUT2D eigenvalue weighted by molar-refractivity contribution is 0.234. The number of aromatic nitrogens is 9. The molecule has 14 heteroatoms. The molecule has 0 amide bonds. The highest BCUT2D eigenvalue weighted by Gasteiger charge is 2.20. The summed E-state index contributed by atoms with van der Waals surface area (Å²) in [6.07, 6.45) is 17.0. The number of benzene rings is 2. The highest BCUT2D eigenvalue weighted by molar-refractivity contribution is 5.93. The number of nitrogens with one attached hydrogen (secondary N) is 3. The molecular weight excluding hydrogens is 735 g/mol. The van der Waals surface area contributed by atoms with Crippen molar-refractivity contribution < 1.29 is 18.9 Å². The Morgan fingerprint density at radius 3 is 2.14 bits per heavy atom. The van der Waals surface area contributed by atoms with E-state index in [0.717, 1.165) is 79.8 Å². The average Bonchev–Trinajstić information content (AvgIpc) is 3.96. The number of rotatable bonds is 2. The van der Waals surface area contributed by atoms with Gasteiger partial charge in [0.15, 0.2) is 0 Å². The zero-order chi connectivity index (χ0) is 38.8. The van der Waals surface area contributed by atoms with Gasteiger partial charge in [-0.1, -0.05) is 30.3 Å². The summed E-state index contributed by atoms with van der Waals surface area (Å²) in [5.74, 6) is 2.67. The Bertz CT molecular complexity index is 2920. The molecule has 2 aromatic carbocycles. The van der Waals surface area contributed by atoms with Crippen LogP contribution in [0.5, 0.6) is 23.1 Å². The maximum absolute atomic E-state index is 12.3. The molecule has 58 heavy (non-hydrogen) atoms. The average molecular weight is 772 g/mol. The normalized spacial score (nSPS) is 15.4. The van der Waals surface area contributed by atoms with Gasteiger partial charge in [0.25, 0.3) is 0 Å². The summed E-state index contributed by atoms with van der Waals surface area (Å²) in [6.45, 7) is 2.15. The Morgan fingerprint density at radius 2 is 1.31 bits per heavy atom. The van der Waals surface area contributed by atoms with Crippen LogP contribution in [0.3, 0.4) is 0 Å². The second-order valence-corrected chi connectivity index (χ2v) is 14.0. The zero-order valence-electron chi connectivity index (χ0n) is 31.3. The van der Waals surface area contributed by atoms with E-state index in [1.807, 2.05) is 77.6 Å². The van der Waals surface area contributed by atoms with Crippen LogP contribution in [0.15, 0.2) is 90.2 Å². The second-order valence-electron chi connectivity index (χ2n) is 14.0. The van der Waals surface area contributed by atoms with Crippen molar-refractivity contribution >= 4 is 46.1 Å². The van der Waals surface area contributed by atoms with Crippen molar-refractivity contribution in [1.29, 1.82) is 0 Å². The van der Waals surface area contributed by atoms with E-state index in [2.05, 4.69) is 42.5 Å². The smallest absolute Gasteiger partial charge is 0.248 e. The highest BCUT2D eigenvalue weighted by Crippen LogP contribution is 2.37. The largest absolute Gasteiger partial charge is 0.493 e. The SMILES string of the molecule is O=c1cc2c(c[nH]1)OCCCOc1c(cnn1Cc1cccc3c1-c1cc4c(n[nH]c4cn1)/C=C/c1ccccc1OCCCCO3)/C=C/c1n[nH]c3cnc-2cc13. The van der Waals surface area contributed by atoms with Gasteiger partial charge in [0.2, 0.25) is 11.4 Å². The number of pyridine rings is 3. The lowest BCUT2D eigenvalue weighted by Gasteiger charge is -2.17. The van der Waals surface area contributed by atoms with E-state index >= 15 is 0 Å². The van der Waals surface area contributed by atoms with Crippen LogP contribution in [-0.4, -0.2) is 71.6 Å². The van der Waals surface area contributed by atoms with Gasteiger partial charge in [-0.15, -0.1) is 0 Å². The van der Waals surface area contributed by atoms with Crippen molar-refractivity contribution in [2.45, 2.75) is 25.8 Å². The third kappa shape index (κ3) is 6.84. The number of nitrogens with zero attached hydrogens (tertiary/aromatic N) is 6. The third-order valence-corrected chi connectivity index (χ3v) is 10.2. The van der Waals surface area contributed by atoms with Crippen LogP contribution in [0.1, 0.15) is 47.3 Å². The Kier molecular flexibility index (Phi) is 9.18. The molecule has 0 aliphatic carbocycles. The molecule has 0 atom stereocenters. The molecule has 0 unspecified atom stereocenters. The number of fused-ring (bicyclic) bond motifs is 8. The van der Waals surface area contributed by atoms with Gasteiger partial charge in [-0.05, 0) is 67.0 Å². The van der Waals surface area contributed by atoms with Crippen molar-refractivity contribution in [2.75, 3.05) is 26.4 Å². The number of para-hydroxylation sites is 1. The second kappa shape index (κ2) is 15.2. The lowest BCUT2D eigenvalue weighted by atomic mass is 10.0. The number of aromatic amines is 3. The molecule has 0 saturated heterocycles. The molecule has 2 aliphatic heterocycles. The van der Waals surface area contributed by atoms with Crippen LogP contribution in [0.4, 0.5) is 0 Å². The number of H-pyrrole nitrogens is 3. The fourth-order valence-electron chi connectivity index (χ4n) is 7.31. The van der Waals surface area contributed by atoms with Crippen molar-refractivity contribution in [1.82, 2.24) is 45.1 Å². The molecule has 4 bridgehead atoms. The molecular formula is C44H37N9O5.